The number of nitrogen functional groups attached to an aromatic ring is 1. The predicted molar refractivity (Wildman–Crippen MR) is 161 cm³/mol. The lowest BCUT2D eigenvalue weighted by Crippen LogP contribution is -2.46. The first-order valence-corrected chi connectivity index (χ1v) is 15.1. The Labute approximate surface area is 254 Å². The van der Waals surface area contributed by atoms with Gasteiger partial charge < -0.3 is 25.2 Å². The van der Waals surface area contributed by atoms with Crippen LogP contribution in [0.1, 0.15) is 89.5 Å². The molecule has 0 spiro atoms. The quantitative estimate of drug-likeness (QED) is 0.289. The van der Waals surface area contributed by atoms with Crippen molar-refractivity contribution in [1.29, 1.82) is 0 Å². The predicted octanol–water partition coefficient (Wildman–Crippen LogP) is 4.21. The topological polar surface area (TPSA) is 180 Å². The lowest BCUT2D eigenvalue weighted by molar-refractivity contribution is -0.153. The Morgan fingerprint density at radius 3 is 2.39 bits per heavy atom. The van der Waals surface area contributed by atoms with Crippen molar-refractivity contribution in [3.63, 3.8) is 0 Å². The highest BCUT2D eigenvalue weighted by Crippen LogP contribution is 2.48. The van der Waals surface area contributed by atoms with E-state index >= 15 is 0 Å². The lowest BCUT2D eigenvalue weighted by atomic mass is 9.91. The maximum atomic E-state index is 12.6. The molecule has 14 heteroatoms. The number of ether oxygens (including phenoxy) is 1. The molecule has 0 atom stereocenters. The summed E-state index contributed by atoms with van der Waals surface area (Å²) >= 11 is 0. The van der Waals surface area contributed by atoms with Gasteiger partial charge in [-0.05, 0) is 71.8 Å². The molecule has 1 saturated heterocycles. The number of likely N-dealkylation sites (tertiary alicyclic amines) is 1. The van der Waals surface area contributed by atoms with Crippen LogP contribution >= 0.6 is 0 Å². The van der Waals surface area contributed by atoms with Crippen LogP contribution in [0.15, 0.2) is 23.2 Å². The standard InChI is InChI=1S/C30H38N10O4/c1-16(2)40-28-22(26(31)35-15-36-28)23(37-40)24-21(25(44-38-24)18-6-7-18)27-32-12-19(13-33-27)17-8-10-39(11-9-17)29(42)34-14-20(41)43-30(3,4)5/h12-13,15-18H,6-11,14H2,1-5H3,(H,34,42)(H2,31,35,36). The van der Waals surface area contributed by atoms with E-state index in [9.17, 15) is 9.59 Å². The average Bonchev–Trinajstić information content (AvgIpc) is 3.61. The summed E-state index contributed by atoms with van der Waals surface area (Å²) in [4.78, 5) is 44.5. The highest BCUT2D eigenvalue weighted by atomic mass is 16.6. The van der Waals surface area contributed by atoms with Crippen LogP contribution in [-0.4, -0.2) is 77.0 Å². The van der Waals surface area contributed by atoms with E-state index in [0.717, 1.165) is 37.0 Å². The Morgan fingerprint density at radius 2 is 1.75 bits per heavy atom. The Bertz CT molecular complexity index is 1680. The maximum Gasteiger partial charge on any atom is 0.325 e. The number of aromatic nitrogens is 7. The molecule has 2 aliphatic rings. The van der Waals surface area contributed by atoms with E-state index in [0.29, 0.717) is 52.7 Å². The molecule has 1 saturated carbocycles. The van der Waals surface area contributed by atoms with Gasteiger partial charge in [-0.15, -0.1) is 0 Å². The number of anilines is 1. The number of nitrogens with two attached hydrogens (primary N) is 1. The highest BCUT2D eigenvalue weighted by molar-refractivity contribution is 6.00. The van der Waals surface area contributed by atoms with E-state index in [4.69, 9.17) is 30.1 Å². The van der Waals surface area contributed by atoms with Crippen molar-refractivity contribution < 1.29 is 18.8 Å². The number of carbonyl (C=O) groups is 2. The number of urea groups is 1. The first-order valence-electron chi connectivity index (χ1n) is 15.1. The van der Waals surface area contributed by atoms with Crippen molar-refractivity contribution >= 4 is 28.9 Å². The normalized spacial score (nSPS) is 16.1. The van der Waals surface area contributed by atoms with Crippen molar-refractivity contribution in [2.45, 2.75) is 83.8 Å². The van der Waals surface area contributed by atoms with Crippen LogP contribution in [0.3, 0.4) is 0 Å². The summed E-state index contributed by atoms with van der Waals surface area (Å²) in [6.07, 6.45) is 8.66. The van der Waals surface area contributed by atoms with Gasteiger partial charge in [0.05, 0.1) is 10.9 Å². The first-order chi connectivity index (χ1) is 21.0. The molecule has 2 fully saturated rings. The van der Waals surface area contributed by atoms with Gasteiger partial charge in [-0.25, -0.2) is 29.4 Å². The molecule has 0 radical (unpaired) electrons. The number of rotatable bonds is 7. The van der Waals surface area contributed by atoms with Gasteiger partial charge in [0.15, 0.2) is 17.2 Å². The van der Waals surface area contributed by atoms with Crippen molar-refractivity contribution in [2.75, 3.05) is 25.4 Å². The Balaban J connectivity index is 1.19. The second-order valence-electron chi connectivity index (χ2n) is 12.7. The minimum absolute atomic E-state index is 0.0387. The molecular weight excluding hydrogens is 564 g/mol. The molecule has 3 N–H and O–H groups in total. The third-order valence-corrected chi connectivity index (χ3v) is 7.85. The molecule has 6 rings (SSSR count). The lowest BCUT2D eigenvalue weighted by Gasteiger charge is -2.32. The van der Waals surface area contributed by atoms with Gasteiger partial charge in [-0.1, -0.05) is 5.16 Å². The van der Waals surface area contributed by atoms with Gasteiger partial charge in [0.1, 0.15) is 35.7 Å². The molecule has 0 unspecified atom stereocenters. The fraction of sp³-hybridized carbons (Fsp3) is 0.533. The number of carbonyl (C=O) groups excluding carboxylic acids is 2. The van der Waals surface area contributed by atoms with Crippen molar-refractivity contribution in [3.8, 4) is 22.8 Å². The zero-order chi connectivity index (χ0) is 31.2. The molecule has 1 aliphatic heterocycles. The molecule has 0 bridgehead atoms. The van der Waals surface area contributed by atoms with Gasteiger partial charge in [-0.2, -0.15) is 5.10 Å². The molecule has 2 amide bonds. The summed E-state index contributed by atoms with van der Waals surface area (Å²) < 4.78 is 13.0. The number of nitrogens with zero attached hydrogens (tertiary/aromatic N) is 8. The summed E-state index contributed by atoms with van der Waals surface area (Å²) in [6.45, 7) is 10.4. The van der Waals surface area contributed by atoms with E-state index in [-0.39, 0.29) is 30.5 Å². The van der Waals surface area contributed by atoms with Gasteiger partial charge in [-0.3, -0.25) is 4.79 Å². The molecule has 232 valence electrons. The van der Waals surface area contributed by atoms with Crippen molar-refractivity contribution in [1.82, 2.24) is 45.1 Å². The van der Waals surface area contributed by atoms with E-state index in [1.54, 1.807) is 25.7 Å². The highest BCUT2D eigenvalue weighted by Gasteiger charge is 2.36. The van der Waals surface area contributed by atoms with Crippen LogP contribution in [0.5, 0.6) is 0 Å². The molecule has 5 heterocycles. The first kappa shape index (κ1) is 29.5. The number of amides is 2. The smallest absolute Gasteiger partial charge is 0.325 e. The van der Waals surface area contributed by atoms with Crippen LogP contribution in [-0.2, 0) is 9.53 Å². The second-order valence-corrected chi connectivity index (χ2v) is 12.7. The number of nitrogens with one attached hydrogen (secondary N) is 1. The minimum atomic E-state index is -0.596. The summed E-state index contributed by atoms with van der Waals surface area (Å²) in [7, 11) is 0. The summed E-state index contributed by atoms with van der Waals surface area (Å²) in [5.74, 6) is 1.57. The van der Waals surface area contributed by atoms with E-state index < -0.39 is 11.6 Å². The van der Waals surface area contributed by atoms with E-state index in [2.05, 4.69) is 20.4 Å². The Kier molecular flexibility index (Phi) is 7.68. The molecule has 4 aromatic heterocycles. The average molecular weight is 603 g/mol. The number of esters is 1. The Hall–Kier alpha value is -4.62. The number of piperidine rings is 1. The van der Waals surface area contributed by atoms with Gasteiger partial charge in [0.2, 0.25) is 0 Å². The van der Waals surface area contributed by atoms with Gasteiger partial charge in [0.25, 0.3) is 0 Å². The fourth-order valence-corrected chi connectivity index (χ4v) is 5.56. The monoisotopic (exact) mass is 602 g/mol. The summed E-state index contributed by atoms with van der Waals surface area (Å²) in [5, 5.41) is 12.6. The third kappa shape index (κ3) is 5.92. The van der Waals surface area contributed by atoms with Crippen LogP contribution in [0.2, 0.25) is 0 Å². The molecule has 0 aromatic carbocycles. The molecule has 4 aromatic rings. The van der Waals surface area contributed by atoms with E-state index in [1.807, 2.05) is 30.9 Å². The van der Waals surface area contributed by atoms with Crippen LogP contribution in [0, 0.1) is 0 Å². The Morgan fingerprint density at radius 1 is 1.05 bits per heavy atom. The van der Waals surface area contributed by atoms with Crippen LogP contribution in [0.4, 0.5) is 10.6 Å². The zero-order valence-electron chi connectivity index (χ0n) is 25.7. The molecule has 44 heavy (non-hydrogen) atoms. The maximum absolute atomic E-state index is 12.6. The van der Waals surface area contributed by atoms with E-state index in [1.165, 1.54) is 6.33 Å². The second kappa shape index (κ2) is 11.5. The molecule has 1 aliphatic carbocycles. The zero-order valence-corrected chi connectivity index (χ0v) is 25.7. The summed E-state index contributed by atoms with van der Waals surface area (Å²) in [6, 6.07) is -0.233. The van der Waals surface area contributed by atoms with Crippen molar-refractivity contribution in [2.24, 2.45) is 0 Å². The number of hydrogen-bond acceptors (Lipinski definition) is 11. The number of hydrogen-bond donors (Lipinski definition) is 2. The summed E-state index contributed by atoms with van der Waals surface area (Å²) in [5.41, 5.74) is 9.13. The van der Waals surface area contributed by atoms with Crippen LogP contribution in [0.25, 0.3) is 33.8 Å². The van der Waals surface area contributed by atoms with Gasteiger partial charge in [0, 0.05) is 37.4 Å². The fourth-order valence-electron chi connectivity index (χ4n) is 5.56. The third-order valence-electron chi connectivity index (χ3n) is 7.85. The SMILES string of the molecule is CC(C)n1nc(-c2noc(C3CC3)c2-c2ncc(C3CCN(C(=O)NCC(=O)OC(C)(C)C)CC3)cn2)c2c(N)ncnc21. The van der Waals surface area contributed by atoms with Crippen LogP contribution < -0.4 is 11.1 Å². The minimum Gasteiger partial charge on any atom is -0.459 e. The number of fused-ring (bicyclic) bond motifs is 1. The largest absolute Gasteiger partial charge is 0.459 e. The van der Waals surface area contributed by atoms with Gasteiger partial charge >= 0.3 is 12.0 Å². The molecule has 14 nitrogen and oxygen atoms in total. The molecular formula is C30H38N10O4. The van der Waals surface area contributed by atoms with Crippen molar-refractivity contribution in [3.05, 3.63) is 30.0 Å².